The number of ether oxygens (including phenoxy) is 1. The van der Waals surface area contributed by atoms with E-state index in [0.29, 0.717) is 11.8 Å². The van der Waals surface area contributed by atoms with Gasteiger partial charge < -0.3 is 9.84 Å². The molecule has 5 atom stereocenters. The molecule has 0 bridgehead atoms. The van der Waals surface area contributed by atoms with Gasteiger partial charge in [0.05, 0.1) is 11.5 Å². The number of halogens is 1. The van der Waals surface area contributed by atoms with Crippen molar-refractivity contribution in [2.75, 3.05) is 0 Å². The molecule has 0 aromatic carbocycles. The molecule has 26 heavy (non-hydrogen) atoms. The van der Waals surface area contributed by atoms with E-state index in [-0.39, 0.29) is 18.0 Å². The first-order valence-electron chi connectivity index (χ1n) is 10.5. The summed E-state index contributed by atoms with van der Waals surface area (Å²) in [6.45, 7) is 9.89. The van der Waals surface area contributed by atoms with Gasteiger partial charge in [0, 0.05) is 6.42 Å². The molecule has 1 saturated heterocycles. The molecular formula is C22H37BrO3. The van der Waals surface area contributed by atoms with Crippen molar-refractivity contribution in [1.82, 2.24) is 0 Å². The standard InChI is InChI=1S/C20H31BrO3.C2H6/c1-19(2,23)17-11-15(24-18(17)22)8-6-14-7-9-16-13(12-21)5-4-10-20(14,16)3;1-2/h12,14-17,23H,4-11H2,1-3H3;1-2H3/b13-12+;. The second kappa shape index (κ2) is 8.77. The van der Waals surface area contributed by atoms with E-state index in [0.717, 1.165) is 24.7 Å². The van der Waals surface area contributed by atoms with Gasteiger partial charge in [0.15, 0.2) is 0 Å². The summed E-state index contributed by atoms with van der Waals surface area (Å²) in [4.78, 5) is 14.2. The Balaban J connectivity index is 0.00000117. The lowest BCUT2D eigenvalue weighted by molar-refractivity contribution is -0.149. The van der Waals surface area contributed by atoms with Gasteiger partial charge in [-0.25, -0.2) is 0 Å². The smallest absolute Gasteiger partial charge is 0.312 e. The number of carbonyl (C=O) groups excluding carboxylic acids is 1. The van der Waals surface area contributed by atoms with Crippen LogP contribution in [-0.4, -0.2) is 22.8 Å². The first kappa shape index (κ1) is 21.9. The summed E-state index contributed by atoms with van der Waals surface area (Å²) in [5, 5.41) is 10.1. The van der Waals surface area contributed by atoms with Gasteiger partial charge >= 0.3 is 5.97 Å². The SMILES string of the molecule is CC.CC(C)(O)C1CC(CCC2CCC3/C(=C/Br)CCCC23C)OC1=O. The molecule has 1 heterocycles. The van der Waals surface area contributed by atoms with E-state index in [1.54, 1.807) is 19.4 Å². The molecule has 1 aliphatic heterocycles. The molecule has 3 nitrogen and oxygen atoms in total. The van der Waals surface area contributed by atoms with Crippen LogP contribution in [0.15, 0.2) is 10.6 Å². The number of hydrogen-bond acceptors (Lipinski definition) is 3. The fourth-order valence-corrected chi connectivity index (χ4v) is 6.09. The topological polar surface area (TPSA) is 46.5 Å². The summed E-state index contributed by atoms with van der Waals surface area (Å²) < 4.78 is 5.55. The Morgan fingerprint density at radius 3 is 2.58 bits per heavy atom. The number of rotatable bonds is 4. The van der Waals surface area contributed by atoms with Crippen molar-refractivity contribution in [1.29, 1.82) is 0 Å². The molecular weight excluding hydrogens is 392 g/mol. The molecule has 5 unspecified atom stereocenters. The summed E-state index contributed by atoms with van der Waals surface area (Å²) in [6, 6.07) is 0. The van der Waals surface area contributed by atoms with Crippen LogP contribution in [-0.2, 0) is 9.53 Å². The lowest BCUT2D eigenvalue weighted by atomic mass is 9.63. The van der Waals surface area contributed by atoms with Crippen LogP contribution in [0, 0.1) is 23.2 Å². The van der Waals surface area contributed by atoms with E-state index in [1.165, 1.54) is 32.1 Å². The van der Waals surface area contributed by atoms with Crippen molar-refractivity contribution >= 4 is 21.9 Å². The predicted octanol–water partition coefficient (Wildman–Crippen LogP) is 5.99. The minimum Gasteiger partial charge on any atom is -0.462 e. The molecule has 0 aromatic heterocycles. The molecule has 0 spiro atoms. The highest BCUT2D eigenvalue weighted by atomic mass is 79.9. The molecule has 4 heteroatoms. The van der Waals surface area contributed by atoms with Crippen molar-refractivity contribution in [3.05, 3.63) is 10.6 Å². The van der Waals surface area contributed by atoms with E-state index in [2.05, 4.69) is 27.8 Å². The lowest BCUT2D eigenvalue weighted by Gasteiger charge is -2.42. The van der Waals surface area contributed by atoms with E-state index in [1.807, 2.05) is 13.8 Å². The summed E-state index contributed by atoms with van der Waals surface area (Å²) >= 11 is 3.57. The zero-order valence-electron chi connectivity index (χ0n) is 17.2. The van der Waals surface area contributed by atoms with Gasteiger partial charge in [-0.3, -0.25) is 4.79 Å². The highest BCUT2D eigenvalue weighted by Crippen LogP contribution is 2.58. The number of aliphatic hydroxyl groups is 1. The first-order valence-corrected chi connectivity index (χ1v) is 11.4. The minimum atomic E-state index is -0.977. The van der Waals surface area contributed by atoms with Crippen LogP contribution in [0.2, 0.25) is 0 Å². The van der Waals surface area contributed by atoms with Gasteiger partial charge in [0.25, 0.3) is 0 Å². The normalized spacial score (nSPS) is 38.6. The Labute approximate surface area is 168 Å². The van der Waals surface area contributed by atoms with Crippen molar-refractivity contribution in [2.24, 2.45) is 23.2 Å². The average molecular weight is 429 g/mol. The van der Waals surface area contributed by atoms with E-state index in [9.17, 15) is 9.90 Å². The Hall–Kier alpha value is -0.350. The summed E-state index contributed by atoms with van der Waals surface area (Å²) in [5.74, 6) is 0.869. The molecule has 3 fully saturated rings. The van der Waals surface area contributed by atoms with Crippen molar-refractivity contribution in [3.8, 4) is 0 Å². The molecule has 2 aliphatic carbocycles. The molecule has 1 N–H and O–H groups in total. The van der Waals surface area contributed by atoms with Crippen LogP contribution < -0.4 is 0 Å². The fraction of sp³-hybridized carbons (Fsp3) is 0.864. The van der Waals surface area contributed by atoms with Gasteiger partial charge in [-0.05, 0) is 81.0 Å². The van der Waals surface area contributed by atoms with E-state index >= 15 is 0 Å². The Morgan fingerprint density at radius 1 is 1.31 bits per heavy atom. The number of hydrogen-bond donors (Lipinski definition) is 1. The summed E-state index contributed by atoms with van der Waals surface area (Å²) in [5.41, 5.74) is 1.03. The van der Waals surface area contributed by atoms with Crippen LogP contribution in [0.25, 0.3) is 0 Å². The monoisotopic (exact) mass is 428 g/mol. The number of carbonyl (C=O) groups is 1. The second-order valence-electron chi connectivity index (χ2n) is 8.95. The van der Waals surface area contributed by atoms with Crippen LogP contribution in [0.3, 0.4) is 0 Å². The first-order chi connectivity index (χ1) is 12.3. The third-order valence-electron chi connectivity index (χ3n) is 7.06. The van der Waals surface area contributed by atoms with Crippen molar-refractivity contribution in [3.63, 3.8) is 0 Å². The largest absolute Gasteiger partial charge is 0.462 e. The lowest BCUT2D eigenvalue weighted by Crippen LogP contribution is -2.34. The van der Waals surface area contributed by atoms with Gasteiger partial charge in [-0.2, -0.15) is 0 Å². The third-order valence-corrected chi connectivity index (χ3v) is 7.64. The highest BCUT2D eigenvalue weighted by Gasteiger charge is 2.49. The molecule has 0 radical (unpaired) electrons. The second-order valence-corrected chi connectivity index (χ2v) is 9.41. The molecule has 0 aromatic rings. The summed E-state index contributed by atoms with van der Waals surface area (Å²) in [7, 11) is 0. The predicted molar refractivity (Wildman–Crippen MR) is 110 cm³/mol. The van der Waals surface area contributed by atoms with Gasteiger partial charge in [0.1, 0.15) is 6.10 Å². The highest BCUT2D eigenvalue weighted by molar-refractivity contribution is 9.11. The zero-order chi connectivity index (χ0) is 19.5. The number of cyclic esters (lactones) is 1. The third kappa shape index (κ3) is 4.38. The molecule has 150 valence electrons. The Kier molecular flexibility index (Phi) is 7.40. The van der Waals surface area contributed by atoms with Gasteiger partial charge in [-0.15, -0.1) is 0 Å². The van der Waals surface area contributed by atoms with Crippen LogP contribution in [0.5, 0.6) is 0 Å². The molecule has 0 amide bonds. The zero-order valence-corrected chi connectivity index (χ0v) is 18.8. The quantitative estimate of drug-likeness (QED) is 0.559. The maximum atomic E-state index is 12.0. The summed E-state index contributed by atoms with van der Waals surface area (Å²) in [6.07, 6.45) is 9.19. The number of esters is 1. The Bertz CT molecular complexity index is 522. The van der Waals surface area contributed by atoms with Crippen LogP contribution in [0.4, 0.5) is 0 Å². The number of allylic oxidation sites excluding steroid dienone is 1. The fourth-order valence-electron chi connectivity index (χ4n) is 5.55. The number of fused-ring (bicyclic) bond motifs is 1. The van der Waals surface area contributed by atoms with Crippen LogP contribution >= 0.6 is 15.9 Å². The van der Waals surface area contributed by atoms with Crippen molar-refractivity contribution in [2.45, 2.75) is 97.7 Å². The minimum absolute atomic E-state index is 0.00801. The van der Waals surface area contributed by atoms with E-state index in [4.69, 9.17) is 4.74 Å². The maximum absolute atomic E-state index is 12.0. The molecule has 3 aliphatic rings. The average Bonchev–Trinajstić information content (AvgIpc) is 3.14. The van der Waals surface area contributed by atoms with Gasteiger partial charge in [0.2, 0.25) is 0 Å². The van der Waals surface area contributed by atoms with Crippen molar-refractivity contribution < 1.29 is 14.6 Å². The van der Waals surface area contributed by atoms with Crippen LogP contribution in [0.1, 0.15) is 86.0 Å². The van der Waals surface area contributed by atoms with Gasteiger partial charge in [-0.1, -0.05) is 42.3 Å². The molecule has 2 saturated carbocycles. The molecule has 3 rings (SSSR count). The Morgan fingerprint density at radius 2 is 2.00 bits per heavy atom. The van der Waals surface area contributed by atoms with E-state index < -0.39 is 5.60 Å². The maximum Gasteiger partial charge on any atom is 0.312 e.